The van der Waals surface area contributed by atoms with Crippen LogP contribution in [-0.4, -0.2) is 17.6 Å². The van der Waals surface area contributed by atoms with Crippen LogP contribution in [0.4, 0.5) is 0 Å². The Morgan fingerprint density at radius 1 is 1.60 bits per heavy atom. The molecule has 0 N–H and O–H groups in total. The molecule has 0 aromatic heterocycles. The van der Waals surface area contributed by atoms with Gasteiger partial charge in [-0.1, -0.05) is 5.06 Å². The first-order chi connectivity index (χ1) is 4.70. The van der Waals surface area contributed by atoms with E-state index in [1.54, 1.807) is 0 Å². The first kappa shape index (κ1) is 8.42. The van der Waals surface area contributed by atoms with Crippen LogP contribution in [0.5, 0.6) is 0 Å². The minimum atomic E-state index is -3.04. The van der Waals surface area contributed by atoms with Gasteiger partial charge in [0.05, 0.1) is 3.93 Å². The number of hydrogen-bond donors (Lipinski definition) is 0. The summed E-state index contributed by atoms with van der Waals surface area (Å²) in [6.45, 7) is 2.69. The number of halogens is 1. The summed E-state index contributed by atoms with van der Waals surface area (Å²) in [5.41, 5.74) is 0. The third kappa shape index (κ3) is 2.17. The molecule has 1 aliphatic rings. The fourth-order valence-electron chi connectivity index (χ4n) is 1.08. The van der Waals surface area contributed by atoms with Gasteiger partial charge in [0.15, 0.2) is 0 Å². The van der Waals surface area contributed by atoms with Gasteiger partial charge >= 0.3 is 14.8 Å². The second-order valence-corrected chi connectivity index (χ2v) is 3.47. The quantitative estimate of drug-likeness (QED) is 0.558. The van der Waals surface area contributed by atoms with Gasteiger partial charge < -0.3 is 8.40 Å². The average molecular weight is 212 g/mol. The standard InChI is InChI=1S/C5H10BrNO3/c1-5-3-2-4-7(5)10-6(8)9/h5H,2-4H2,1H3/t5-/m1/s1. The van der Waals surface area contributed by atoms with Crippen LogP contribution in [0, 0.1) is 14.8 Å². The van der Waals surface area contributed by atoms with Crippen molar-refractivity contribution in [2.75, 3.05) is 6.54 Å². The molecule has 10 heavy (non-hydrogen) atoms. The molecule has 1 rings (SSSR count). The number of nitrogens with zero attached hydrogens (tertiary/aromatic N) is 1. The van der Waals surface area contributed by atoms with Crippen molar-refractivity contribution in [1.82, 2.24) is 5.06 Å². The van der Waals surface area contributed by atoms with Crippen molar-refractivity contribution < 1.29 is 27.1 Å². The number of rotatable bonds is 2. The summed E-state index contributed by atoms with van der Waals surface area (Å²) in [5, 5.41) is 1.52. The van der Waals surface area contributed by atoms with E-state index >= 15 is 0 Å². The van der Waals surface area contributed by atoms with Crippen molar-refractivity contribution >= 4 is 0 Å². The van der Waals surface area contributed by atoms with Gasteiger partial charge in [-0.15, -0.1) is 0 Å². The minimum absolute atomic E-state index is 0.253. The molecule has 0 radical (unpaired) electrons. The molecule has 1 aliphatic heterocycles. The maximum absolute atomic E-state index is 10.1. The Balaban J connectivity index is 2.26. The molecule has 0 aromatic rings. The second-order valence-electron chi connectivity index (χ2n) is 2.39. The largest absolute Gasteiger partial charge is 0.464 e. The fourth-order valence-corrected chi connectivity index (χ4v) is 1.82. The van der Waals surface area contributed by atoms with Gasteiger partial charge in [-0.25, -0.2) is 0 Å². The maximum Gasteiger partial charge on any atom is 0.464 e. The molecule has 4 nitrogen and oxygen atoms in total. The van der Waals surface area contributed by atoms with Crippen LogP contribution in [0.15, 0.2) is 0 Å². The smallest absolute Gasteiger partial charge is 0.371 e. The molecule has 1 heterocycles. The van der Waals surface area contributed by atoms with E-state index in [2.05, 4.69) is 3.93 Å². The summed E-state index contributed by atoms with van der Waals surface area (Å²) >= 11 is -3.04. The van der Waals surface area contributed by atoms with Crippen LogP contribution in [0.3, 0.4) is 0 Å². The Morgan fingerprint density at radius 3 is 2.70 bits per heavy atom. The van der Waals surface area contributed by atoms with Gasteiger partial charge in [-0.2, -0.15) is 0 Å². The molecule has 0 spiro atoms. The van der Waals surface area contributed by atoms with Crippen LogP contribution in [0.2, 0.25) is 0 Å². The van der Waals surface area contributed by atoms with Gasteiger partial charge in [-0.05, 0) is 19.8 Å². The molecule has 0 saturated carbocycles. The van der Waals surface area contributed by atoms with Gasteiger partial charge in [0.2, 0.25) is 0 Å². The molecule has 0 amide bonds. The van der Waals surface area contributed by atoms with Crippen LogP contribution in [-0.2, 0) is 3.93 Å². The molecule has 1 fully saturated rings. The van der Waals surface area contributed by atoms with E-state index in [0.29, 0.717) is 0 Å². The lowest BCUT2D eigenvalue weighted by Gasteiger charge is -2.10. The zero-order valence-corrected chi connectivity index (χ0v) is 7.33. The molecule has 0 unspecified atom stereocenters. The van der Waals surface area contributed by atoms with Gasteiger partial charge in [-0.3, -0.25) is 0 Å². The molecule has 0 aliphatic carbocycles. The third-order valence-electron chi connectivity index (χ3n) is 1.64. The van der Waals surface area contributed by atoms with Crippen molar-refractivity contribution in [3.05, 3.63) is 0 Å². The zero-order chi connectivity index (χ0) is 7.56. The topological polar surface area (TPSA) is 58.6 Å². The molecular weight excluding hydrogens is 202 g/mol. The van der Waals surface area contributed by atoms with Gasteiger partial charge in [0.25, 0.3) is 0 Å². The van der Waals surface area contributed by atoms with Crippen LogP contribution >= 0.6 is 0 Å². The van der Waals surface area contributed by atoms with Crippen LogP contribution < -0.4 is 8.40 Å². The van der Waals surface area contributed by atoms with E-state index in [4.69, 9.17) is 0 Å². The Hall–Kier alpha value is 0.320. The highest BCUT2D eigenvalue weighted by Gasteiger charge is 2.29. The molecule has 60 valence electrons. The molecular formula is C5H10BrNO3. The van der Waals surface area contributed by atoms with Crippen molar-refractivity contribution in [2.45, 2.75) is 25.8 Å². The van der Waals surface area contributed by atoms with Crippen molar-refractivity contribution in [2.24, 2.45) is 0 Å². The highest BCUT2D eigenvalue weighted by atomic mass is 80.0. The van der Waals surface area contributed by atoms with Crippen molar-refractivity contribution in [3.8, 4) is 0 Å². The molecule has 5 heteroatoms. The maximum atomic E-state index is 10.1. The van der Waals surface area contributed by atoms with E-state index in [0.717, 1.165) is 19.4 Å². The summed E-state index contributed by atoms with van der Waals surface area (Å²) < 4.78 is 24.8. The van der Waals surface area contributed by atoms with Crippen molar-refractivity contribution in [1.29, 1.82) is 0 Å². The van der Waals surface area contributed by atoms with Crippen LogP contribution in [0.25, 0.3) is 0 Å². The third-order valence-corrected chi connectivity index (χ3v) is 2.25. The molecule has 0 bridgehead atoms. The summed E-state index contributed by atoms with van der Waals surface area (Å²) in [4.78, 5) is 0. The fraction of sp³-hybridized carbons (Fsp3) is 1.00. The summed E-state index contributed by atoms with van der Waals surface area (Å²) in [5.74, 6) is 0. The predicted octanol–water partition coefficient (Wildman–Crippen LogP) is -1.51. The van der Waals surface area contributed by atoms with Gasteiger partial charge in [0.1, 0.15) is 0 Å². The van der Waals surface area contributed by atoms with Crippen LogP contribution in [0.1, 0.15) is 19.8 Å². The Morgan fingerprint density at radius 2 is 2.30 bits per heavy atom. The average Bonchev–Trinajstić information content (AvgIpc) is 2.15. The molecule has 1 atom stereocenters. The monoisotopic (exact) mass is 211 g/mol. The van der Waals surface area contributed by atoms with E-state index in [1.165, 1.54) is 5.06 Å². The molecule has 0 aromatic carbocycles. The normalized spacial score (nSPS) is 28.2. The first-order valence-electron chi connectivity index (χ1n) is 3.21. The summed E-state index contributed by atoms with van der Waals surface area (Å²) in [7, 11) is 0. The van der Waals surface area contributed by atoms with E-state index < -0.39 is 14.8 Å². The van der Waals surface area contributed by atoms with Crippen molar-refractivity contribution in [3.63, 3.8) is 0 Å². The van der Waals surface area contributed by atoms with E-state index in [-0.39, 0.29) is 6.04 Å². The first-order valence-corrected chi connectivity index (χ1v) is 5.15. The lowest BCUT2D eigenvalue weighted by molar-refractivity contribution is -1.64. The Labute approximate surface area is 65.2 Å². The lowest BCUT2D eigenvalue weighted by Crippen LogP contribution is -2.42. The lowest BCUT2D eigenvalue weighted by atomic mass is 10.3. The highest BCUT2D eigenvalue weighted by molar-refractivity contribution is 4.67. The Bertz CT molecular complexity index is 111. The summed E-state index contributed by atoms with van der Waals surface area (Å²) in [6, 6.07) is 0.253. The SMILES string of the molecule is C[C@@H]1CCCN1O[Br+2]([O-])[O-]. The van der Waals surface area contributed by atoms with Gasteiger partial charge in [0, 0.05) is 12.6 Å². The van der Waals surface area contributed by atoms with E-state index in [9.17, 15) is 8.40 Å². The number of hydrogen-bond acceptors (Lipinski definition) is 4. The minimum Gasteiger partial charge on any atom is -0.371 e. The predicted molar refractivity (Wildman–Crippen MR) is 26.5 cm³/mol. The number of hydroxylamine groups is 2. The summed E-state index contributed by atoms with van der Waals surface area (Å²) in [6.07, 6.45) is 2.05. The second kappa shape index (κ2) is 3.64. The highest BCUT2D eigenvalue weighted by Crippen LogP contribution is 2.16. The molecule has 1 saturated heterocycles. The zero-order valence-electron chi connectivity index (χ0n) is 5.75. The Kier molecular flexibility index (Phi) is 3.06. The van der Waals surface area contributed by atoms with E-state index in [1.807, 2.05) is 6.92 Å².